The molecule has 3 heterocycles. The fraction of sp³-hybridized carbons (Fsp3) is 0.324. The number of benzene rings is 2. The molecule has 0 saturated carbocycles. The second-order valence-electron chi connectivity index (χ2n) is 11.1. The van der Waals surface area contributed by atoms with Crippen LogP contribution in [0, 0.1) is 24.1 Å². The topological polar surface area (TPSA) is 104 Å². The number of anilines is 2. The van der Waals surface area contributed by atoms with E-state index in [0.717, 1.165) is 36.1 Å². The zero-order chi connectivity index (χ0) is 31.4. The van der Waals surface area contributed by atoms with Crippen molar-refractivity contribution in [3.8, 4) is 23.5 Å². The number of hydrogen-bond donors (Lipinski definition) is 3. The van der Waals surface area contributed by atoms with Crippen LogP contribution < -0.4 is 10.6 Å². The van der Waals surface area contributed by atoms with E-state index in [1.54, 1.807) is 29.3 Å². The Labute approximate surface area is 261 Å². The van der Waals surface area contributed by atoms with E-state index in [4.69, 9.17) is 27.7 Å². The highest BCUT2D eigenvalue weighted by molar-refractivity contribution is 6.31. The van der Waals surface area contributed by atoms with Crippen molar-refractivity contribution in [3.05, 3.63) is 82.4 Å². The van der Waals surface area contributed by atoms with E-state index in [-0.39, 0.29) is 28.5 Å². The van der Waals surface area contributed by atoms with Gasteiger partial charge in [-0.2, -0.15) is 0 Å². The summed E-state index contributed by atoms with van der Waals surface area (Å²) < 4.78 is 19.8. The predicted octanol–water partition coefficient (Wildman–Crippen LogP) is 7.00. The molecule has 3 N–H and O–H groups in total. The number of ether oxygens (including phenoxy) is 1. The standard InChI is InChI=1S/C34H34ClFN4O4/c1-4-21-9-12-26(35)32(36)31(21)23-14-16-40(30(41)18-23)29-8-6-5-7-20(2)33(42)39-27-19-24(38-34(43)44-3)10-11-25(27)22-13-15-37-28(29)17-22/h1,9-13,15,17-20,29,33,39,42H,5-8,14,16H2,2-3H3,(H,38,43). The summed E-state index contributed by atoms with van der Waals surface area (Å²) in [5, 5.41) is 16.9. The van der Waals surface area contributed by atoms with E-state index < -0.39 is 18.1 Å². The fourth-order valence-corrected chi connectivity index (χ4v) is 5.99. The third-order valence-electron chi connectivity index (χ3n) is 8.26. The summed E-state index contributed by atoms with van der Waals surface area (Å²) in [5.74, 6) is 1.56. The molecule has 2 bridgehead atoms. The summed E-state index contributed by atoms with van der Waals surface area (Å²) in [5.41, 5.74) is 4.53. The van der Waals surface area contributed by atoms with Crippen LogP contribution in [-0.4, -0.2) is 46.9 Å². The number of methoxy groups -OCH3 is 1. The second kappa shape index (κ2) is 13.5. The van der Waals surface area contributed by atoms with Crippen LogP contribution >= 0.6 is 11.6 Å². The summed E-state index contributed by atoms with van der Waals surface area (Å²) in [4.78, 5) is 32.0. The van der Waals surface area contributed by atoms with Crippen LogP contribution in [0.1, 0.15) is 61.9 Å². The van der Waals surface area contributed by atoms with Gasteiger partial charge in [-0.25, -0.2) is 9.18 Å². The summed E-state index contributed by atoms with van der Waals surface area (Å²) in [7, 11) is 1.29. The lowest BCUT2D eigenvalue weighted by Gasteiger charge is -2.34. The van der Waals surface area contributed by atoms with Gasteiger partial charge in [0.15, 0.2) is 5.82 Å². The van der Waals surface area contributed by atoms with Crippen molar-refractivity contribution in [2.75, 3.05) is 24.3 Å². The minimum atomic E-state index is -0.827. The minimum Gasteiger partial charge on any atom is -0.453 e. The maximum atomic E-state index is 15.1. The highest BCUT2D eigenvalue weighted by atomic mass is 35.5. The molecular formula is C34H34ClFN4O4. The maximum absolute atomic E-state index is 15.1. The maximum Gasteiger partial charge on any atom is 0.411 e. The van der Waals surface area contributed by atoms with E-state index in [2.05, 4.69) is 16.6 Å². The van der Waals surface area contributed by atoms with Crippen LogP contribution in [0.5, 0.6) is 0 Å². The molecule has 10 heteroatoms. The molecule has 3 atom stereocenters. The Morgan fingerprint density at radius 2 is 2.02 bits per heavy atom. The summed E-state index contributed by atoms with van der Waals surface area (Å²) in [6, 6.07) is 11.8. The van der Waals surface area contributed by atoms with Crippen LogP contribution in [0.2, 0.25) is 5.02 Å². The molecule has 44 heavy (non-hydrogen) atoms. The number of nitrogens with zero attached hydrogens (tertiary/aromatic N) is 2. The number of aliphatic hydroxyl groups is 1. The number of pyridine rings is 1. The SMILES string of the molecule is C#Cc1ccc(Cl)c(F)c1C1=CC(=O)N(C2CCCCC(C)C(O)Nc3cc(NC(=O)OC)ccc3-c3ccnc2c3)CC1. The van der Waals surface area contributed by atoms with E-state index in [9.17, 15) is 14.7 Å². The molecule has 2 amide bonds. The van der Waals surface area contributed by atoms with Gasteiger partial charge in [0.1, 0.15) is 6.23 Å². The largest absolute Gasteiger partial charge is 0.453 e. The van der Waals surface area contributed by atoms with E-state index >= 15 is 4.39 Å². The van der Waals surface area contributed by atoms with Gasteiger partial charge in [0.2, 0.25) is 5.91 Å². The Bertz CT molecular complexity index is 1650. The first-order valence-electron chi connectivity index (χ1n) is 14.6. The van der Waals surface area contributed by atoms with Gasteiger partial charge >= 0.3 is 6.09 Å². The monoisotopic (exact) mass is 616 g/mol. The highest BCUT2D eigenvalue weighted by Gasteiger charge is 2.31. The molecule has 0 radical (unpaired) electrons. The first kappa shape index (κ1) is 31.0. The van der Waals surface area contributed by atoms with Gasteiger partial charge in [0.05, 0.1) is 23.9 Å². The van der Waals surface area contributed by atoms with Crippen LogP contribution in [0.3, 0.4) is 0 Å². The van der Waals surface area contributed by atoms with Crippen LogP contribution in [0.4, 0.5) is 20.6 Å². The highest BCUT2D eigenvalue weighted by Crippen LogP contribution is 2.38. The lowest BCUT2D eigenvalue weighted by atomic mass is 9.92. The zero-order valence-corrected chi connectivity index (χ0v) is 25.3. The Hall–Kier alpha value is -4.39. The number of carbonyl (C=O) groups excluding carboxylic acids is 2. The number of amides is 2. The number of terminal acetylenes is 1. The lowest BCUT2D eigenvalue weighted by molar-refractivity contribution is -0.129. The average Bonchev–Trinajstić information content (AvgIpc) is 3.02. The quantitative estimate of drug-likeness (QED) is 0.274. The molecule has 2 aliphatic heterocycles. The Kier molecular flexibility index (Phi) is 9.52. The van der Waals surface area contributed by atoms with Crippen LogP contribution in [-0.2, 0) is 9.53 Å². The third-order valence-corrected chi connectivity index (χ3v) is 8.56. The van der Waals surface area contributed by atoms with Crippen molar-refractivity contribution >= 4 is 40.5 Å². The van der Waals surface area contributed by atoms with Gasteiger partial charge < -0.3 is 20.1 Å². The first-order valence-corrected chi connectivity index (χ1v) is 14.9. The van der Waals surface area contributed by atoms with Crippen LogP contribution in [0.15, 0.2) is 54.7 Å². The summed E-state index contributed by atoms with van der Waals surface area (Å²) >= 11 is 6.06. The number of fused-ring (bicyclic) bond motifs is 4. The molecule has 0 saturated heterocycles. The fourth-order valence-electron chi connectivity index (χ4n) is 5.83. The van der Waals surface area contributed by atoms with Gasteiger partial charge in [-0.1, -0.05) is 43.4 Å². The van der Waals surface area contributed by atoms with Crippen molar-refractivity contribution in [1.29, 1.82) is 0 Å². The minimum absolute atomic E-state index is 0.0478. The van der Waals surface area contributed by atoms with Gasteiger partial charge in [-0.3, -0.25) is 15.1 Å². The Morgan fingerprint density at radius 3 is 2.77 bits per heavy atom. The number of rotatable bonds is 3. The van der Waals surface area contributed by atoms with Crippen LogP contribution in [0.25, 0.3) is 16.7 Å². The molecule has 2 aromatic carbocycles. The molecule has 5 rings (SSSR count). The smallest absolute Gasteiger partial charge is 0.411 e. The molecule has 1 aromatic heterocycles. The zero-order valence-electron chi connectivity index (χ0n) is 24.6. The lowest BCUT2D eigenvalue weighted by Crippen LogP contribution is -2.38. The van der Waals surface area contributed by atoms with Crippen molar-refractivity contribution < 1.29 is 23.8 Å². The van der Waals surface area contributed by atoms with Crippen molar-refractivity contribution in [2.45, 2.75) is 51.3 Å². The molecule has 0 aliphatic carbocycles. The van der Waals surface area contributed by atoms with Crippen molar-refractivity contribution in [1.82, 2.24) is 9.88 Å². The predicted molar refractivity (Wildman–Crippen MR) is 169 cm³/mol. The van der Waals surface area contributed by atoms with Gasteiger partial charge in [0, 0.05) is 52.8 Å². The second-order valence-corrected chi connectivity index (χ2v) is 11.5. The molecule has 0 spiro atoms. The number of hydrogen-bond acceptors (Lipinski definition) is 6. The summed E-state index contributed by atoms with van der Waals surface area (Å²) in [6.45, 7) is 2.33. The van der Waals surface area contributed by atoms with E-state index in [1.807, 2.05) is 25.1 Å². The number of carbonyl (C=O) groups is 2. The number of nitrogens with one attached hydrogen (secondary N) is 2. The molecule has 2 aliphatic rings. The molecule has 228 valence electrons. The first-order chi connectivity index (χ1) is 21.2. The third kappa shape index (κ3) is 6.57. The van der Waals surface area contributed by atoms with Gasteiger partial charge in [-0.15, -0.1) is 6.42 Å². The van der Waals surface area contributed by atoms with Gasteiger partial charge in [-0.05, 0) is 66.8 Å². The molecule has 3 unspecified atom stereocenters. The van der Waals surface area contributed by atoms with Crippen molar-refractivity contribution in [3.63, 3.8) is 0 Å². The van der Waals surface area contributed by atoms with E-state index in [0.29, 0.717) is 41.9 Å². The molecule has 8 nitrogen and oxygen atoms in total. The Morgan fingerprint density at radius 1 is 1.23 bits per heavy atom. The number of aromatic nitrogens is 1. The average molecular weight is 617 g/mol. The molecular weight excluding hydrogens is 583 g/mol. The normalized spacial score (nSPS) is 20.5. The summed E-state index contributed by atoms with van der Waals surface area (Å²) in [6.07, 6.45) is 10.8. The number of aliphatic hydroxyl groups excluding tert-OH is 1. The number of halogens is 2. The van der Waals surface area contributed by atoms with E-state index in [1.165, 1.54) is 19.3 Å². The van der Waals surface area contributed by atoms with Gasteiger partial charge in [0.25, 0.3) is 0 Å². The Balaban J connectivity index is 1.52. The molecule has 3 aromatic rings. The molecule has 0 fully saturated rings. The van der Waals surface area contributed by atoms with Crippen molar-refractivity contribution in [2.24, 2.45) is 5.92 Å².